The molecule has 0 N–H and O–H groups in total. The molecule has 4 aliphatic carbocycles. The molecule has 2 amide bonds. The number of carbonyl (C=O) groups excluding carboxylic acids is 2. The minimum Gasteiger partial charge on any atom is -0.489 e. The number of hydrazone groups is 1. The maximum absolute atomic E-state index is 13.0. The predicted octanol–water partition coefficient (Wildman–Crippen LogP) is 3.56. The highest BCUT2D eigenvalue weighted by Crippen LogP contribution is 2.65. The number of carbonyl (C=O) groups is 2. The third-order valence-electron chi connectivity index (χ3n) is 7.37. The van der Waals surface area contributed by atoms with Crippen LogP contribution >= 0.6 is 0 Å². The fraction of sp³-hybridized carbons (Fsp3) is 0.320. The summed E-state index contributed by atoms with van der Waals surface area (Å²) in [6.45, 7) is 0.253. The van der Waals surface area contributed by atoms with Crippen LogP contribution in [0.3, 0.4) is 0 Å². The van der Waals surface area contributed by atoms with Gasteiger partial charge in [-0.2, -0.15) is 10.1 Å². The lowest BCUT2D eigenvalue weighted by Crippen LogP contribution is -2.40. The lowest BCUT2D eigenvalue weighted by atomic mass is 9.63. The van der Waals surface area contributed by atoms with Gasteiger partial charge in [-0.3, -0.25) is 19.7 Å². The molecule has 166 valence electrons. The van der Waals surface area contributed by atoms with Crippen molar-refractivity contribution >= 4 is 23.7 Å². The molecule has 2 bridgehead atoms. The smallest absolute Gasteiger partial charge is 0.269 e. The van der Waals surface area contributed by atoms with E-state index in [-0.39, 0.29) is 47.8 Å². The first-order valence-electron chi connectivity index (χ1n) is 11.1. The Morgan fingerprint density at radius 2 is 1.70 bits per heavy atom. The Labute approximate surface area is 189 Å². The molecule has 7 rings (SSSR count). The van der Waals surface area contributed by atoms with Gasteiger partial charge in [-0.25, -0.2) is 0 Å². The molecule has 0 spiro atoms. The summed E-state index contributed by atoms with van der Waals surface area (Å²) in [7, 11) is 0. The van der Waals surface area contributed by atoms with E-state index in [2.05, 4.69) is 17.3 Å². The standard InChI is InChI=1S/C25H21N3O5/c29-24-22-18-8-9-19(21-11-20(18)21)23(22)25(30)27(24)26-12-15-2-1-3-17(10-15)33-13-14-4-6-16(7-5-14)28(31)32/h1-10,12,18-23H,11,13H2/b26-12-/t18-,19-,20-,21+,22-,23+/m0/s1. The molecule has 2 saturated carbocycles. The van der Waals surface area contributed by atoms with Crippen molar-refractivity contribution in [3.05, 3.63) is 81.9 Å². The number of non-ortho nitro benzene ring substituents is 1. The Hall–Kier alpha value is -3.81. The number of hydrogen-bond acceptors (Lipinski definition) is 6. The average Bonchev–Trinajstić information content (AvgIpc) is 3.61. The fourth-order valence-corrected chi connectivity index (χ4v) is 5.74. The van der Waals surface area contributed by atoms with Gasteiger partial charge in [-0.15, -0.1) is 0 Å². The van der Waals surface area contributed by atoms with Crippen molar-refractivity contribution in [1.82, 2.24) is 5.01 Å². The molecular weight excluding hydrogens is 422 g/mol. The normalized spacial score (nSPS) is 31.1. The second kappa shape index (κ2) is 7.37. The molecule has 2 aromatic carbocycles. The van der Waals surface area contributed by atoms with Crippen LogP contribution in [-0.2, 0) is 16.2 Å². The van der Waals surface area contributed by atoms with Crippen molar-refractivity contribution < 1.29 is 19.2 Å². The van der Waals surface area contributed by atoms with Crippen molar-refractivity contribution in [1.29, 1.82) is 0 Å². The first kappa shape index (κ1) is 19.8. The Kier molecular flexibility index (Phi) is 4.43. The van der Waals surface area contributed by atoms with Crippen LogP contribution < -0.4 is 4.74 Å². The van der Waals surface area contributed by atoms with E-state index in [0.717, 1.165) is 17.0 Å². The molecule has 3 fully saturated rings. The van der Waals surface area contributed by atoms with Crippen LogP contribution in [0.2, 0.25) is 0 Å². The van der Waals surface area contributed by atoms with Gasteiger partial charge in [-0.05, 0) is 65.5 Å². The molecule has 5 aliphatic rings. The molecule has 1 saturated heterocycles. The van der Waals surface area contributed by atoms with Gasteiger partial charge in [0.15, 0.2) is 0 Å². The molecule has 1 heterocycles. The summed E-state index contributed by atoms with van der Waals surface area (Å²) < 4.78 is 5.79. The number of allylic oxidation sites excluding steroid dienone is 2. The number of ether oxygens (including phenoxy) is 1. The lowest BCUT2D eigenvalue weighted by Gasteiger charge is -2.37. The van der Waals surface area contributed by atoms with Crippen LogP contribution in [0.5, 0.6) is 5.75 Å². The maximum atomic E-state index is 13.0. The highest BCUT2D eigenvalue weighted by molar-refractivity contribution is 6.06. The van der Waals surface area contributed by atoms with Crippen LogP contribution in [0.15, 0.2) is 65.8 Å². The highest BCUT2D eigenvalue weighted by Gasteiger charge is 2.67. The monoisotopic (exact) mass is 443 g/mol. The van der Waals surface area contributed by atoms with Gasteiger partial charge in [0.05, 0.1) is 23.0 Å². The largest absolute Gasteiger partial charge is 0.489 e. The molecule has 6 atom stereocenters. The molecule has 33 heavy (non-hydrogen) atoms. The van der Waals surface area contributed by atoms with E-state index in [0.29, 0.717) is 23.1 Å². The molecule has 2 aromatic rings. The quantitative estimate of drug-likeness (QED) is 0.223. The van der Waals surface area contributed by atoms with Crippen LogP contribution in [0, 0.1) is 45.6 Å². The third-order valence-corrected chi connectivity index (χ3v) is 7.37. The topological polar surface area (TPSA) is 102 Å². The molecule has 0 radical (unpaired) electrons. The van der Waals surface area contributed by atoms with Crippen molar-refractivity contribution in [2.75, 3.05) is 0 Å². The third kappa shape index (κ3) is 3.25. The summed E-state index contributed by atoms with van der Waals surface area (Å²) in [5.41, 5.74) is 1.54. The van der Waals surface area contributed by atoms with Gasteiger partial charge < -0.3 is 4.74 Å². The van der Waals surface area contributed by atoms with Gasteiger partial charge in [0.25, 0.3) is 17.5 Å². The first-order valence-corrected chi connectivity index (χ1v) is 11.1. The molecular formula is C25H21N3O5. The zero-order valence-corrected chi connectivity index (χ0v) is 17.6. The van der Waals surface area contributed by atoms with E-state index in [4.69, 9.17) is 4.74 Å². The number of nitro groups is 1. The SMILES string of the molecule is O=C1[C@@H]2[C@H]3C=C[C@@H]([C@@H]4C[C@H]34)[C@@H]2C(=O)N1/N=C\c1cccc(OCc2ccc([N+](=O)[O-])cc2)c1. The van der Waals surface area contributed by atoms with Crippen molar-refractivity contribution in [3.63, 3.8) is 0 Å². The van der Waals surface area contributed by atoms with Crippen molar-refractivity contribution in [3.8, 4) is 5.75 Å². The van der Waals surface area contributed by atoms with Gasteiger partial charge in [0.1, 0.15) is 12.4 Å². The van der Waals surface area contributed by atoms with Crippen molar-refractivity contribution in [2.24, 2.45) is 40.6 Å². The summed E-state index contributed by atoms with van der Waals surface area (Å²) in [6.07, 6.45) is 6.93. The zero-order chi connectivity index (χ0) is 22.7. The van der Waals surface area contributed by atoms with Gasteiger partial charge in [0.2, 0.25) is 0 Å². The number of nitro benzene ring substituents is 1. The van der Waals surface area contributed by atoms with Gasteiger partial charge in [0, 0.05) is 12.1 Å². The molecule has 8 heteroatoms. The minimum atomic E-state index is -0.442. The van der Waals surface area contributed by atoms with Crippen LogP contribution in [0.1, 0.15) is 17.5 Å². The van der Waals surface area contributed by atoms with E-state index in [1.54, 1.807) is 30.3 Å². The molecule has 1 aliphatic heterocycles. The second-order valence-corrected chi connectivity index (χ2v) is 9.17. The Morgan fingerprint density at radius 3 is 2.33 bits per heavy atom. The second-order valence-electron chi connectivity index (χ2n) is 9.17. The minimum absolute atomic E-state index is 0.0311. The summed E-state index contributed by atoms with van der Waals surface area (Å²) in [6, 6.07) is 13.4. The van der Waals surface area contributed by atoms with Crippen LogP contribution in [-0.4, -0.2) is 28.0 Å². The van der Waals surface area contributed by atoms with Crippen LogP contribution in [0.4, 0.5) is 5.69 Å². The number of benzene rings is 2. The number of amides is 2. The number of hydrogen-bond donors (Lipinski definition) is 0. The number of imide groups is 1. The van der Waals surface area contributed by atoms with E-state index in [9.17, 15) is 19.7 Å². The summed E-state index contributed by atoms with van der Waals surface area (Å²) >= 11 is 0. The van der Waals surface area contributed by atoms with Gasteiger partial charge in [-0.1, -0.05) is 24.3 Å². The predicted molar refractivity (Wildman–Crippen MR) is 118 cm³/mol. The summed E-state index contributed by atoms with van der Waals surface area (Å²) in [5, 5.41) is 16.1. The Bertz CT molecular complexity index is 1180. The van der Waals surface area contributed by atoms with Gasteiger partial charge >= 0.3 is 0 Å². The Morgan fingerprint density at radius 1 is 1.03 bits per heavy atom. The first-order chi connectivity index (χ1) is 16.0. The number of nitrogens with zero attached hydrogens (tertiary/aromatic N) is 3. The van der Waals surface area contributed by atoms with E-state index in [1.165, 1.54) is 18.3 Å². The van der Waals surface area contributed by atoms with Crippen LogP contribution in [0.25, 0.3) is 0 Å². The van der Waals surface area contributed by atoms with E-state index in [1.807, 2.05) is 6.07 Å². The maximum Gasteiger partial charge on any atom is 0.269 e. The molecule has 0 aromatic heterocycles. The fourth-order valence-electron chi connectivity index (χ4n) is 5.74. The summed E-state index contributed by atoms with van der Waals surface area (Å²) in [5.74, 6) is 1.18. The lowest BCUT2D eigenvalue weighted by molar-refractivity contribution is -0.384. The molecule has 0 unspecified atom stereocenters. The highest BCUT2D eigenvalue weighted by atomic mass is 16.6. The van der Waals surface area contributed by atoms with E-state index < -0.39 is 4.92 Å². The number of rotatable bonds is 6. The Balaban J connectivity index is 1.13. The summed E-state index contributed by atoms with van der Waals surface area (Å²) in [4.78, 5) is 36.3. The van der Waals surface area contributed by atoms with E-state index >= 15 is 0 Å². The van der Waals surface area contributed by atoms with Crippen molar-refractivity contribution in [2.45, 2.75) is 13.0 Å². The zero-order valence-electron chi connectivity index (χ0n) is 17.6. The average molecular weight is 443 g/mol. The molecule has 8 nitrogen and oxygen atoms in total.